The second-order valence-electron chi connectivity index (χ2n) is 2.61. The highest BCUT2D eigenvalue weighted by Gasteiger charge is 2.02. The van der Waals surface area contributed by atoms with E-state index in [2.05, 4.69) is 18.2 Å². The summed E-state index contributed by atoms with van der Waals surface area (Å²) in [6.45, 7) is 5.90. The van der Waals surface area contributed by atoms with Crippen LogP contribution in [0.15, 0.2) is 12.2 Å². The van der Waals surface area contributed by atoms with Crippen molar-refractivity contribution in [1.82, 2.24) is 0 Å². The highest BCUT2D eigenvalue weighted by molar-refractivity contribution is 5.71. The molecule has 0 radical (unpaired) electrons. The van der Waals surface area contributed by atoms with Gasteiger partial charge in [0, 0.05) is 0 Å². The number of unbranched alkanes of at least 4 members (excludes halogenated alkanes) is 1. The van der Waals surface area contributed by atoms with Gasteiger partial charge in [0.1, 0.15) is 0 Å². The largest absolute Gasteiger partial charge is 0.469 e. The van der Waals surface area contributed by atoms with Crippen molar-refractivity contribution < 1.29 is 9.53 Å². The molecule has 0 aliphatic heterocycles. The number of methoxy groups -OCH3 is 1. The maximum absolute atomic E-state index is 10.7. The zero-order valence-electron chi connectivity index (χ0n) is 7.35. The van der Waals surface area contributed by atoms with E-state index in [9.17, 15) is 4.79 Å². The molecule has 0 bridgehead atoms. The molecule has 0 amide bonds. The maximum atomic E-state index is 10.7. The minimum absolute atomic E-state index is 0.189. The van der Waals surface area contributed by atoms with Crippen LogP contribution in [-0.2, 0) is 9.53 Å². The highest BCUT2D eigenvalue weighted by Crippen LogP contribution is 2.09. The number of hydrogen-bond acceptors (Lipinski definition) is 2. The van der Waals surface area contributed by atoms with Gasteiger partial charge in [-0.15, -0.1) is 0 Å². The molecule has 0 rings (SSSR count). The fourth-order valence-electron chi connectivity index (χ4n) is 0.791. The molecular formula is C9H16O2. The maximum Gasteiger partial charge on any atom is 0.309 e. The molecule has 0 aliphatic carbocycles. The van der Waals surface area contributed by atoms with Crippen molar-refractivity contribution in [2.75, 3.05) is 7.11 Å². The van der Waals surface area contributed by atoms with Crippen LogP contribution in [0.25, 0.3) is 0 Å². The van der Waals surface area contributed by atoms with E-state index in [1.54, 1.807) is 0 Å². The van der Waals surface area contributed by atoms with Crippen LogP contribution < -0.4 is 0 Å². The second kappa shape index (κ2) is 5.96. The van der Waals surface area contributed by atoms with E-state index >= 15 is 0 Å². The lowest BCUT2D eigenvalue weighted by Gasteiger charge is -2.01. The van der Waals surface area contributed by atoms with Gasteiger partial charge in [-0.3, -0.25) is 4.79 Å². The lowest BCUT2D eigenvalue weighted by atomic mass is 10.1. The summed E-state index contributed by atoms with van der Waals surface area (Å²) in [7, 11) is 1.40. The van der Waals surface area contributed by atoms with Gasteiger partial charge < -0.3 is 4.74 Å². The monoisotopic (exact) mass is 156 g/mol. The Morgan fingerprint density at radius 2 is 2.18 bits per heavy atom. The summed E-state index contributed by atoms with van der Waals surface area (Å²) in [5, 5.41) is 0. The number of esters is 1. The summed E-state index contributed by atoms with van der Waals surface area (Å²) in [5.41, 5.74) is 0.971. The van der Waals surface area contributed by atoms with Gasteiger partial charge in [-0.25, -0.2) is 0 Å². The Labute approximate surface area is 68.2 Å². The highest BCUT2D eigenvalue weighted by atomic mass is 16.5. The molecule has 0 aromatic carbocycles. The van der Waals surface area contributed by atoms with Gasteiger partial charge in [0.25, 0.3) is 0 Å². The Bertz CT molecular complexity index is 138. The first kappa shape index (κ1) is 10.2. The first-order valence-corrected chi connectivity index (χ1v) is 3.94. The molecule has 0 aliphatic rings. The predicted molar refractivity (Wildman–Crippen MR) is 45.3 cm³/mol. The van der Waals surface area contributed by atoms with Crippen LogP contribution >= 0.6 is 0 Å². The van der Waals surface area contributed by atoms with Crippen LogP contribution in [0.4, 0.5) is 0 Å². The van der Waals surface area contributed by atoms with Crippen molar-refractivity contribution in [3.8, 4) is 0 Å². The molecule has 0 saturated heterocycles. The lowest BCUT2D eigenvalue weighted by molar-refractivity contribution is -0.139. The average molecular weight is 156 g/mol. The molecule has 0 heterocycles. The summed E-state index contributed by atoms with van der Waals surface area (Å²) in [4.78, 5) is 10.7. The molecule has 0 unspecified atom stereocenters. The third kappa shape index (κ3) is 5.64. The quantitative estimate of drug-likeness (QED) is 0.451. The Morgan fingerprint density at radius 1 is 1.55 bits per heavy atom. The molecule has 0 saturated carbocycles. The van der Waals surface area contributed by atoms with Crippen LogP contribution in [0.3, 0.4) is 0 Å². The van der Waals surface area contributed by atoms with E-state index in [0.717, 1.165) is 24.8 Å². The fraction of sp³-hybridized carbons (Fsp3) is 0.667. The normalized spacial score (nSPS) is 9.27. The molecule has 0 aromatic rings. The van der Waals surface area contributed by atoms with Gasteiger partial charge in [-0.05, 0) is 12.8 Å². The molecule has 0 spiro atoms. The standard InChI is InChI=1S/C9H16O2/c1-4-5-6-8(2)7-9(10)11-3/h2,4-7H2,1,3H3. The molecule has 2 heteroatoms. The van der Waals surface area contributed by atoms with Gasteiger partial charge in [0.15, 0.2) is 0 Å². The molecule has 11 heavy (non-hydrogen) atoms. The third-order valence-electron chi connectivity index (χ3n) is 1.51. The second-order valence-corrected chi connectivity index (χ2v) is 2.61. The Hall–Kier alpha value is -0.790. The topological polar surface area (TPSA) is 26.3 Å². The van der Waals surface area contributed by atoms with Gasteiger partial charge in [0.2, 0.25) is 0 Å². The fourth-order valence-corrected chi connectivity index (χ4v) is 0.791. The van der Waals surface area contributed by atoms with E-state index in [0.29, 0.717) is 6.42 Å². The molecule has 64 valence electrons. The van der Waals surface area contributed by atoms with Crippen LogP contribution in [-0.4, -0.2) is 13.1 Å². The zero-order valence-corrected chi connectivity index (χ0v) is 7.35. The van der Waals surface area contributed by atoms with E-state index < -0.39 is 0 Å². The van der Waals surface area contributed by atoms with Gasteiger partial charge in [0.05, 0.1) is 13.5 Å². The summed E-state index contributed by atoms with van der Waals surface area (Å²) in [5.74, 6) is -0.189. The molecule has 0 fully saturated rings. The molecular weight excluding hydrogens is 140 g/mol. The lowest BCUT2D eigenvalue weighted by Crippen LogP contribution is -2.01. The van der Waals surface area contributed by atoms with Crippen LogP contribution in [0, 0.1) is 0 Å². The molecule has 0 N–H and O–H groups in total. The van der Waals surface area contributed by atoms with Gasteiger partial charge in [-0.2, -0.15) is 0 Å². The van der Waals surface area contributed by atoms with Gasteiger partial charge in [-0.1, -0.05) is 25.5 Å². The number of hydrogen-bond donors (Lipinski definition) is 0. The Morgan fingerprint density at radius 3 is 2.64 bits per heavy atom. The average Bonchev–Trinajstić information content (AvgIpc) is 2.00. The zero-order chi connectivity index (χ0) is 8.69. The van der Waals surface area contributed by atoms with Crippen molar-refractivity contribution >= 4 is 5.97 Å². The summed E-state index contributed by atoms with van der Waals surface area (Å²) < 4.78 is 4.50. The van der Waals surface area contributed by atoms with E-state index in [1.165, 1.54) is 7.11 Å². The molecule has 0 aromatic heterocycles. The van der Waals surface area contributed by atoms with Crippen molar-refractivity contribution in [3.05, 3.63) is 12.2 Å². The first-order valence-electron chi connectivity index (χ1n) is 3.94. The Balaban J connectivity index is 3.44. The van der Waals surface area contributed by atoms with Crippen LogP contribution in [0.5, 0.6) is 0 Å². The number of rotatable bonds is 5. The van der Waals surface area contributed by atoms with Crippen molar-refractivity contribution in [3.63, 3.8) is 0 Å². The summed E-state index contributed by atoms with van der Waals surface area (Å²) in [6.07, 6.45) is 3.55. The minimum atomic E-state index is -0.189. The minimum Gasteiger partial charge on any atom is -0.469 e. The third-order valence-corrected chi connectivity index (χ3v) is 1.51. The molecule has 2 nitrogen and oxygen atoms in total. The summed E-state index contributed by atoms with van der Waals surface area (Å²) in [6, 6.07) is 0. The SMILES string of the molecule is C=C(CCCC)CC(=O)OC. The van der Waals surface area contributed by atoms with E-state index in [4.69, 9.17) is 0 Å². The van der Waals surface area contributed by atoms with E-state index in [1.807, 2.05) is 0 Å². The number of carbonyl (C=O) groups is 1. The van der Waals surface area contributed by atoms with Crippen molar-refractivity contribution in [2.24, 2.45) is 0 Å². The van der Waals surface area contributed by atoms with Crippen LogP contribution in [0.2, 0.25) is 0 Å². The number of ether oxygens (including phenoxy) is 1. The van der Waals surface area contributed by atoms with Crippen LogP contribution in [0.1, 0.15) is 32.6 Å². The van der Waals surface area contributed by atoms with Gasteiger partial charge >= 0.3 is 5.97 Å². The first-order chi connectivity index (χ1) is 5.20. The number of carbonyl (C=O) groups excluding carboxylic acids is 1. The van der Waals surface area contributed by atoms with E-state index in [-0.39, 0.29) is 5.97 Å². The van der Waals surface area contributed by atoms with Crippen molar-refractivity contribution in [2.45, 2.75) is 32.6 Å². The molecule has 0 atom stereocenters. The predicted octanol–water partition coefficient (Wildman–Crippen LogP) is 2.30. The summed E-state index contributed by atoms with van der Waals surface area (Å²) >= 11 is 0. The Kier molecular flexibility index (Phi) is 5.53. The smallest absolute Gasteiger partial charge is 0.309 e. The van der Waals surface area contributed by atoms with Crippen molar-refractivity contribution in [1.29, 1.82) is 0 Å².